The Bertz CT molecular complexity index is 571. The summed E-state index contributed by atoms with van der Waals surface area (Å²) in [6, 6.07) is 12.3. The summed E-state index contributed by atoms with van der Waals surface area (Å²) in [5.74, 6) is 0. The molecular formula is C15H16ClN3. The lowest BCUT2D eigenvalue weighted by molar-refractivity contribution is 0.208. The van der Waals surface area contributed by atoms with E-state index in [1.54, 1.807) is 0 Å². The lowest BCUT2D eigenvalue weighted by Gasteiger charge is -2.23. The monoisotopic (exact) mass is 273 g/mol. The highest BCUT2D eigenvalue weighted by Gasteiger charge is 2.30. The summed E-state index contributed by atoms with van der Waals surface area (Å²) in [5, 5.41) is 0.833. The van der Waals surface area contributed by atoms with E-state index < -0.39 is 0 Å². The van der Waals surface area contributed by atoms with E-state index in [4.69, 9.17) is 17.3 Å². The summed E-state index contributed by atoms with van der Waals surface area (Å²) >= 11 is 6.28. The summed E-state index contributed by atoms with van der Waals surface area (Å²) in [6.45, 7) is 2.24. The average molecular weight is 274 g/mol. The van der Waals surface area contributed by atoms with Gasteiger partial charge in [0.05, 0.1) is 5.69 Å². The molecule has 1 aliphatic rings. The van der Waals surface area contributed by atoms with Gasteiger partial charge in [0.15, 0.2) is 0 Å². The van der Waals surface area contributed by atoms with Gasteiger partial charge in [-0.2, -0.15) is 0 Å². The van der Waals surface area contributed by atoms with Gasteiger partial charge >= 0.3 is 0 Å². The molecule has 3 rings (SSSR count). The quantitative estimate of drug-likeness (QED) is 0.935. The van der Waals surface area contributed by atoms with Gasteiger partial charge in [-0.25, -0.2) is 0 Å². The molecule has 98 valence electrons. The fourth-order valence-electron chi connectivity index (χ4n) is 2.71. The summed E-state index contributed by atoms with van der Waals surface area (Å²) < 4.78 is 0. The lowest BCUT2D eigenvalue weighted by atomic mass is 10.1. The Kier molecular flexibility index (Phi) is 3.51. The number of rotatable bonds is 3. The number of hydrogen-bond donors (Lipinski definition) is 1. The first-order valence-corrected chi connectivity index (χ1v) is 6.78. The molecule has 4 heteroatoms. The highest BCUT2D eigenvalue weighted by molar-refractivity contribution is 6.31. The second kappa shape index (κ2) is 5.29. The number of nitrogens with two attached hydrogens (primary N) is 1. The van der Waals surface area contributed by atoms with E-state index in [0.717, 1.165) is 23.8 Å². The second-order valence-electron chi connectivity index (χ2n) is 4.79. The fourth-order valence-corrected chi connectivity index (χ4v) is 2.95. The Balaban J connectivity index is 1.88. The summed E-state index contributed by atoms with van der Waals surface area (Å²) in [4.78, 5) is 6.71. The van der Waals surface area contributed by atoms with Gasteiger partial charge in [0.1, 0.15) is 0 Å². The van der Waals surface area contributed by atoms with Crippen molar-refractivity contribution in [1.82, 2.24) is 9.88 Å². The van der Waals surface area contributed by atoms with Crippen LogP contribution in [0, 0.1) is 0 Å². The number of pyridine rings is 1. The van der Waals surface area contributed by atoms with Gasteiger partial charge < -0.3 is 5.73 Å². The van der Waals surface area contributed by atoms with Crippen LogP contribution in [0.4, 0.5) is 0 Å². The second-order valence-corrected chi connectivity index (χ2v) is 5.19. The molecule has 0 amide bonds. The Morgan fingerprint density at radius 3 is 2.89 bits per heavy atom. The van der Waals surface area contributed by atoms with Crippen LogP contribution < -0.4 is 5.73 Å². The third-order valence-electron chi connectivity index (χ3n) is 3.63. The molecule has 3 nitrogen and oxygen atoms in total. The molecule has 2 N–H and O–H groups in total. The van der Waals surface area contributed by atoms with Crippen molar-refractivity contribution in [3.05, 3.63) is 64.4 Å². The molecule has 1 unspecified atom stereocenters. The maximum absolute atomic E-state index is 6.28. The van der Waals surface area contributed by atoms with E-state index in [9.17, 15) is 0 Å². The molecule has 2 aromatic rings. The van der Waals surface area contributed by atoms with E-state index in [1.807, 2.05) is 36.5 Å². The number of nitrogens with zero attached hydrogens (tertiary/aromatic N) is 2. The van der Waals surface area contributed by atoms with Crippen molar-refractivity contribution in [2.75, 3.05) is 6.54 Å². The summed E-state index contributed by atoms with van der Waals surface area (Å²) in [7, 11) is 0. The van der Waals surface area contributed by atoms with Crippen LogP contribution in [0.2, 0.25) is 5.02 Å². The van der Waals surface area contributed by atoms with Gasteiger partial charge in [-0.05, 0) is 29.3 Å². The predicted molar refractivity (Wildman–Crippen MR) is 76.7 cm³/mol. The van der Waals surface area contributed by atoms with Crippen molar-refractivity contribution >= 4 is 11.6 Å². The van der Waals surface area contributed by atoms with Crippen LogP contribution in [0.25, 0.3) is 0 Å². The number of fused-ring (bicyclic) bond motifs is 1. The lowest BCUT2D eigenvalue weighted by Crippen LogP contribution is -2.27. The van der Waals surface area contributed by atoms with E-state index in [0.29, 0.717) is 6.54 Å². The molecular weight excluding hydrogens is 258 g/mol. The topological polar surface area (TPSA) is 42.1 Å². The first-order valence-electron chi connectivity index (χ1n) is 6.41. The SMILES string of the molecule is NCC1c2cccc(Cl)c2CN1Cc1ccccn1. The molecule has 0 saturated carbocycles. The Morgan fingerprint density at radius 1 is 1.26 bits per heavy atom. The highest BCUT2D eigenvalue weighted by Crippen LogP contribution is 2.37. The van der Waals surface area contributed by atoms with Crippen molar-refractivity contribution in [3.8, 4) is 0 Å². The minimum Gasteiger partial charge on any atom is -0.329 e. The predicted octanol–water partition coefficient (Wildman–Crippen LogP) is 2.75. The van der Waals surface area contributed by atoms with Gasteiger partial charge in [0, 0.05) is 36.9 Å². The molecule has 2 heterocycles. The molecule has 1 aromatic heterocycles. The Hall–Kier alpha value is -1.42. The number of halogens is 1. The largest absolute Gasteiger partial charge is 0.329 e. The maximum Gasteiger partial charge on any atom is 0.0544 e. The standard InChI is InChI=1S/C15H16ClN3/c16-14-6-3-5-12-13(14)10-19(15(12)8-17)9-11-4-1-2-7-18-11/h1-7,15H,8-10,17H2. The van der Waals surface area contributed by atoms with Crippen LogP contribution in [0.5, 0.6) is 0 Å². The van der Waals surface area contributed by atoms with Crippen molar-refractivity contribution in [1.29, 1.82) is 0 Å². The van der Waals surface area contributed by atoms with Crippen molar-refractivity contribution in [2.45, 2.75) is 19.1 Å². The van der Waals surface area contributed by atoms with Gasteiger partial charge in [-0.1, -0.05) is 29.8 Å². The van der Waals surface area contributed by atoms with E-state index in [-0.39, 0.29) is 6.04 Å². The Morgan fingerprint density at radius 2 is 2.16 bits per heavy atom. The first-order chi connectivity index (χ1) is 9.29. The minimum atomic E-state index is 0.232. The van der Waals surface area contributed by atoms with Crippen LogP contribution >= 0.6 is 11.6 Å². The van der Waals surface area contributed by atoms with E-state index in [1.165, 1.54) is 11.1 Å². The van der Waals surface area contributed by atoms with Crippen molar-refractivity contribution in [3.63, 3.8) is 0 Å². The van der Waals surface area contributed by atoms with Gasteiger partial charge in [-0.3, -0.25) is 9.88 Å². The highest BCUT2D eigenvalue weighted by atomic mass is 35.5. The molecule has 0 spiro atoms. The third-order valence-corrected chi connectivity index (χ3v) is 3.98. The normalized spacial score (nSPS) is 18.5. The average Bonchev–Trinajstić information content (AvgIpc) is 2.79. The summed E-state index contributed by atoms with van der Waals surface area (Å²) in [6.07, 6.45) is 1.82. The zero-order valence-electron chi connectivity index (χ0n) is 10.6. The fraction of sp³-hybridized carbons (Fsp3) is 0.267. The number of benzene rings is 1. The first kappa shape index (κ1) is 12.6. The van der Waals surface area contributed by atoms with E-state index in [2.05, 4.69) is 16.0 Å². The maximum atomic E-state index is 6.28. The van der Waals surface area contributed by atoms with Gasteiger partial charge in [0.2, 0.25) is 0 Å². The number of aromatic nitrogens is 1. The van der Waals surface area contributed by atoms with Crippen molar-refractivity contribution < 1.29 is 0 Å². The third kappa shape index (κ3) is 2.37. The molecule has 0 saturated heterocycles. The molecule has 19 heavy (non-hydrogen) atoms. The van der Waals surface area contributed by atoms with Crippen LogP contribution in [0.3, 0.4) is 0 Å². The van der Waals surface area contributed by atoms with Crippen molar-refractivity contribution in [2.24, 2.45) is 5.73 Å². The molecule has 0 aliphatic carbocycles. The molecule has 0 radical (unpaired) electrons. The molecule has 1 aliphatic heterocycles. The summed E-state index contributed by atoms with van der Waals surface area (Å²) in [5.41, 5.74) is 9.46. The Labute approximate surface area is 118 Å². The van der Waals surface area contributed by atoms with Crippen LogP contribution in [-0.2, 0) is 13.1 Å². The minimum absolute atomic E-state index is 0.232. The molecule has 0 fully saturated rings. The number of hydrogen-bond acceptors (Lipinski definition) is 3. The zero-order chi connectivity index (χ0) is 13.2. The van der Waals surface area contributed by atoms with Crippen LogP contribution in [-0.4, -0.2) is 16.4 Å². The van der Waals surface area contributed by atoms with E-state index >= 15 is 0 Å². The van der Waals surface area contributed by atoms with Crippen LogP contribution in [0.1, 0.15) is 22.9 Å². The van der Waals surface area contributed by atoms with Gasteiger partial charge in [0.25, 0.3) is 0 Å². The van der Waals surface area contributed by atoms with Crippen LogP contribution in [0.15, 0.2) is 42.6 Å². The molecule has 1 atom stereocenters. The molecule has 0 bridgehead atoms. The smallest absolute Gasteiger partial charge is 0.0544 e. The zero-order valence-corrected chi connectivity index (χ0v) is 11.3. The molecule has 1 aromatic carbocycles. The van der Waals surface area contributed by atoms with Gasteiger partial charge in [-0.15, -0.1) is 0 Å².